The van der Waals surface area contributed by atoms with Crippen molar-refractivity contribution < 1.29 is 13.9 Å². The SMILES string of the molecule is Cc1ccc(C=CC(=O)NCC2CCCO2)o1. The number of nitrogens with one attached hydrogen (secondary N) is 1. The van der Waals surface area contributed by atoms with Crippen molar-refractivity contribution in [1.82, 2.24) is 5.32 Å². The molecule has 2 heterocycles. The van der Waals surface area contributed by atoms with Crippen molar-refractivity contribution in [2.24, 2.45) is 0 Å². The zero-order valence-corrected chi connectivity index (χ0v) is 9.94. The molecular weight excluding hydrogens is 218 g/mol. The third-order valence-electron chi connectivity index (χ3n) is 2.69. The van der Waals surface area contributed by atoms with E-state index in [0.29, 0.717) is 12.3 Å². The van der Waals surface area contributed by atoms with Crippen LogP contribution in [0, 0.1) is 6.92 Å². The Kier molecular flexibility index (Phi) is 3.98. The summed E-state index contributed by atoms with van der Waals surface area (Å²) in [4.78, 5) is 11.5. The molecule has 0 bridgehead atoms. The van der Waals surface area contributed by atoms with Crippen LogP contribution in [0.25, 0.3) is 6.08 Å². The summed E-state index contributed by atoms with van der Waals surface area (Å²) < 4.78 is 10.7. The molecule has 1 aliphatic rings. The van der Waals surface area contributed by atoms with Gasteiger partial charge in [-0.15, -0.1) is 0 Å². The van der Waals surface area contributed by atoms with Gasteiger partial charge in [-0.3, -0.25) is 4.79 Å². The molecule has 2 rings (SSSR count). The van der Waals surface area contributed by atoms with Crippen molar-refractivity contribution in [2.75, 3.05) is 13.2 Å². The Morgan fingerprint density at radius 2 is 2.47 bits per heavy atom. The molecule has 0 radical (unpaired) electrons. The van der Waals surface area contributed by atoms with Gasteiger partial charge in [0, 0.05) is 19.2 Å². The largest absolute Gasteiger partial charge is 0.462 e. The Bertz CT molecular complexity index is 403. The fourth-order valence-electron chi connectivity index (χ4n) is 1.78. The van der Waals surface area contributed by atoms with E-state index in [0.717, 1.165) is 25.2 Å². The van der Waals surface area contributed by atoms with E-state index >= 15 is 0 Å². The van der Waals surface area contributed by atoms with Gasteiger partial charge in [0.1, 0.15) is 11.5 Å². The first-order chi connectivity index (χ1) is 8.24. The van der Waals surface area contributed by atoms with Crippen molar-refractivity contribution in [3.63, 3.8) is 0 Å². The van der Waals surface area contributed by atoms with Gasteiger partial charge in [-0.05, 0) is 38.0 Å². The van der Waals surface area contributed by atoms with Crippen LogP contribution in [-0.4, -0.2) is 25.2 Å². The second kappa shape index (κ2) is 5.68. The molecule has 17 heavy (non-hydrogen) atoms. The van der Waals surface area contributed by atoms with Gasteiger partial charge in [0.15, 0.2) is 0 Å². The van der Waals surface area contributed by atoms with Gasteiger partial charge in [0.05, 0.1) is 6.10 Å². The summed E-state index contributed by atoms with van der Waals surface area (Å²) in [5.74, 6) is 1.41. The highest BCUT2D eigenvalue weighted by molar-refractivity contribution is 5.91. The molecule has 0 saturated carbocycles. The van der Waals surface area contributed by atoms with E-state index in [9.17, 15) is 4.79 Å². The van der Waals surface area contributed by atoms with Gasteiger partial charge in [0.25, 0.3) is 0 Å². The number of carbonyl (C=O) groups is 1. The molecule has 1 fully saturated rings. The summed E-state index contributed by atoms with van der Waals surface area (Å²) in [6.07, 6.45) is 5.44. The standard InChI is InChI=1S/C13H17NO3/c1-10-4-5-11(17-10)6-7-13(15)14-9-12-3-2-8-16-12/h4-7,12H,2-3,8-9H2,1H3,(H,14,15). The Hall–Kier alpha value is -1.55. The van der Waals surface area contributed by atoms with Gasteiger partial charge in [-0.2, -0.15) is 0 Å². The van der Waals surface area contributed by atoms with Gasteiger partial charge >= 0.3 is 0 Å². The molecule has 0 spiro atoms. The Labute approximate surface area is 101 Å². The van der Waals surface area contributed by atoms with Crippen LogP contribution in [0.3, 0.4) is 0 Å². The van der Waals surface area contributed by atoms with Crippen molar-refractivity contribution in [3.05, 3.63) is 29.7 Å². The summed E-state index contributed by atoms with van der Waals surface area (Å²) >= 11 is 0. The zero-order valence-electron chi connectivity index (χ0n) is 9.94. The summed E-state index contributed by atoms with van der Waals surface area (Å²) in [6, 6.07) is 3.70. The highest BCUT2D eigenvalue weighted by Crippen LogP contribution is 2.10. The van der Waals surface area contributed by atoms with Crippen LogP contribution in [0.1, 0.15) is 24.4 Å². The number of ether oxygens (including phenoxy) is 1. The first kappa shape index (κ1) is 11.9. The quantitative estimate of drug-likeness (QED) is 0.811. The molecule has 4 nitrogen and oxygen atoms in total. The Morgan fingerprint density at radius 1 is 1.59 bits per heavy atom. The fraction of sp³-hybridized carbons (Fsp3) is 0.462. The van der Waals surface area contributed by atoms with E-state index < -0.39 is 0 Å². The topological polar surface area (TPSA) is 51.5 Å². The van der Waals surface area contributed by atoms with Crippen molar-refractivity contribution in [2.45, 2.75) is 25.9 Å². The second-order valence-corrected chi connectivity index (χ2v) is 4.16. The maximum atomic E-state index is 11.5. The summed E-state index contributed by atoms with van der Waals surface area (Å²) in [7, 11) is 0. The molecule has 1 aromatic rings. The number of furan rings is 1. The lowest BCUT2D eigenvalue weighted by atomic mass is 10.2. The van der Waals surface area contributed by atoms with E-state index in [1.54, 1.807) is 6.08 Å². The molecule has 1 atom stereocenters. The minimum absolute atomic E-state index is 0.116. The smallest absolute Gasteiger partial charge is 0.244 e. The molecule has 1 N–H and O–H groups in total. The van der Waals surface area contributed by atoms with Crippen molar-refractivity contribution >= 4 is 12.0 Å². The van der Waals surface area contributed by atoms with E-state index in [1.807, 2.05) is 19.1 Å². The normalized spacial score (nSPS) is 19.9. The van der Waals surface area contributed by atoms with Crippen LogP contribution < -0.4 is 5.32 Å². The lowest BCUT2D eigenvalue weighted by molar-refractivity contribution is -0.116. The van der Waals surface area contributed by atoms with E-state index in [1.165, 1.54) is 6.08 Å². The number of aryl methyl sites for hydroxylation is 1. The second-order valence-electron chi connectivity index (χ2n) is 4.16. The number of hydrogen-bond acceptors (Lipinski definition) is 3. The number of hydrogen-bond donors (Lipinski definition) is 1. The minimum Gasteiger partial charge on any atom is -0.462 e. The summed E-state index contributed by atoms with van der Waals surface area (Å²) in [5.41, 5.74) is 0. The molecule has 1 amide bonds. The highest BCUT2D eigenvalue weighted by atomic mass is 16.5. The molecule has 0 aliphatic carbocycles. The third-order valence-corrected chi connectivity index (χ3v) is 2.69. The zero-order chi connectivity index (χ0) is 12.1. The van der Waals surface area contributed by atoms with Crippen molar-refractivity contribution in [3.8, 4) is 0 Å². The van der Waals surface area contributed by atoms with Crippen LogP contribution >= 0.6 is 0 Å². The maximum Gasteiger partial charge on any atom is 0.244 e. The Morgan fingerprint density at radius 3 is 3.12 bits per heavy atom. The van der Waals surface area contributed by atoms with Gasteiger partial charge < -0.3 is 14.5 Å². The minimum atomic E-state index is -0.116. The average molecular weight is 235 g/mol. The van der Waals surface area contributed by atoms with Crippen LogP contribution in [0.15, 0.2) is 22.6 Å². The van der Waals surface area contributed by atoms with E-state index in [-0.39, 0.29) is 12.0 Å². The molecule has 0 aromatic carbocycles. The van der Waals surface area contributed by atoms with Gasteiger partial charge in [0.2, 0.25) is 5.91 Å². The van der Waals surface area contributed by atoms with Gasteiger partial charge in [-0.1, -0.05) is 0 Å². The van der Waals surface area contributed by atoms with Gasteiger partial charge in [-0.25, -0.2) is 0 Å². The highest BCUT2D eigenvalue weighted by Gasteiger charge is 2.15. The molecule has 1 saturated heterocycles. The number of rotatable bonds is 4. The van der Waals surface area contributed by atoms with Crippen LogP contribution in [0.4, 0.5) is 0 Å². The predicted molar refractivity (Wildman–Crippen MR) is 64.5 cm³/mol. The molecular formula is C13H17NO3. The lowest BCUT2D eigenvalue weighted by Crippen LogP contribution is -2.30. The van der Waals surface area contributed by atoms with Crippen LogP contribution in [-0.2, 0) is 9.53 Å². The lowest BCUT2D eigenvalue weighted by Gasteiger charge is -2.08. The predicted octanol–water partition coefficient (Wildman–Crippen LogP) is 1.90. The fourth-order valence-corrected chi connectivity index (χ4v) is 1.78. The van der Waals surface area contributed by atoms with Crippen LogP contribution in [0.5, 0.6) is 0 Å². The van der Waals surface area contributed by atoms with Crippen molar-refractivity contribution in [1.29, 1.82) is 0 Å². The number of carbonyl (C=O) groups excluding carboxylic acids is 1. The summed E-state index contributed by atoms with van der Waals surface area (Å²) in [6.45, 7) is 3.26. The molecule has 92 valence electrons. The monoisotopic (exact) mass is 235 g/mol. The van der Waals surface area contributed by atoms with Crippen LogP contribution in [0.2, 0.25) is 0 Å². The van der Waals surface area contributed by atoms with E-state index in [4.69, 9.17) is 9.15 Å². The average Bonchev–Trinajstić information content (AvgIpc) is 2.95. The Balaban J connectivity index is 1.74. The molecule has 1 unspecified atom stereocenters. The maximum absolute atomic E-state index is 11.5. The molecule has 1 aliphatic heterocycles. The summed E-state index contributed by atoms with van der Waals surface area (Å²) in [5, 5.41) is 2.81. The third kappa shape index (κ3) is 3.75. The first-order valence-corrected chi connectivity index (χ1v) is 5.88. The number of amides is 1. The molecule has 1 aromatic heterocycles. The first-order valence-electron chi connectivity index (χ1n) is 5.88. The van der Waals surface area contributed by atoms with E-state index in [2.05, 4.69) is 5.32 Å². The molecule has 4 heteroatoms.